The maximum Gasteiger partial charge on any atom is 0.261 e. The maximum absolute atomic E-state index is 11.7. The van der Waals surface area contributed by atoms with E-state index in [9.17, 15) is 8.78 Å². The minimum absolute atomic E-state index is 0.213. The smallest absolute Gasteiger partial charge is 0.261 e. The molecule has 0 atom stereocenters. The highest BCUT2D eigenvalue weighted by atomic mass is 19.3. The molecule has 0 aliphatic carbocycles. The van der Waals surface area contributed by atoms with Crippen LogP contribution < -0.4 is 10.6 Å². The van der Waals surface area contributed by atoms with Crippen molar-refractivity contribution in [3.05, 3.63) is 0 Å². The first-order valence-corrected chi connectivity index (χ1v) is 5.08. The van der Waals surface area contributed by atoms with Gasteiger partial charge in [-0.15, -0.1) is 0 Å². The van der Waals surface area contributed by atoms with Crippen molar-refractivity contribution >= 4 is 5.96 Å². The standard InChI is InChI=1S/C9H19F2N3O/c1-3-12-9(13-4-2)14-5-6-15-7-8(10)11/h8H,3-7H2,1-2H3,(H2,12,13,14). The van der Waals surface area contributed by atoms with Crippen LogP contribution >= 0.6 is 0 Å². The Morgan fingerprint density at radius 1 is 1.27 bits per heavy atom. The van der Waals surface area contributed by atoms with E-state index in [-0.39, 0.29) is 6.61 Å². The molecule has 0 heterocycles. The molecule has 0 aromatic rings. The number of nitrogens with zero attached hydrogens (tertiary/aromatic N) is 1. The summed E-state index contributed by atoms with van der Waals surface area (Å²) in [5.41, 5.74) is 0. The van der Waals surface area contributed by atoms with Gasteiger partial charge >= 0.3 is 0 Å². The van der Waals surface area contributed by atoms with Crippen molar-refractivity contribution in [1.29, 1.82) is 0 Å². The summed E-state index contributed by atoms with van der Waals surface area (Å²) in [6.07, 6.45) is -2.41. The SMILES string of the molecule is CCNC(=NCCOCC(F)F)NCC. The van der Waals surface area contributed by atoms with Crippen LogP contribution in [0.15, 0.2) is 4.99 Å². The largest absolute Gasteiger partial charge is 0.374 e. The van der Waals surface area contributed by atoms with Gasteiger partial charge in [0.05, 0.1) is 13.2 Å². The zero-order valence-electron chi connectivity index (χ0n) is 9.22. The summed E-state index contributed by atoms with van der Waals surface area (Å²) in [4.78, 5) is 4.12. The van der Waals surface area contributed by atoms with E-state index in [2.05, 4.69) is 20.4 Å². The summed E-state index contributed by atoms with van der Waals surface area (Å²) in [5.74, 6) is 0.681. The van der Waals surface area contributed by atoms with Gasteiger partial charge in [0, 0.05) is 13.1 Å². The van der Waals surface area contributed by atoms with Crippen molar-refractivity contribution in [1.82, 2.24) is 10.6 Å². The predicted molar refractivity (Wildman–Crippen MR) is 56.5 cm³/mol. The predicted octanol–water partition coefficient (Wildman–Crippen LogP) is 0.843. The first-order valence-electron chi connectivity index (χ1n) is 5.08. The quantitative estimate of drug-likeness (QED) is 0.382. The lowest BCUT2D eigenvalue weighted by Gasteiger charge is -2.08. The van der Waals surface area contributed by atoms with Gasteiger partial charge in [-0.2, -0.15) is 0 Å². The van der Waals surface area contributed by atoms with Crippen molar-refractivity contribution in [2.45, 2.75) is 20.3 Å². The van der Waals surface area contributed by atoms with E-state index in [4.69, 9.17) is 0 Å². The van der Waals surface area contributed by atoms with Gasteiger partial charge in [-0.1, -0.05) is 0 Å². The normalized spacial score (nSPS) is 10.2. The second-order valence-corrected chi connectivity index (χ2v) is 2.76. The Morgan fingerprint density at radius 3 is 2.33 bits per heavy atom. The second kappa shape index (κ2) is 9.64. The van der Waals surface area contributed by atoms with Crippen molar-refractivity contribution in [3.8, 4) is 0 Å². The number of aliphatic imine (C=N–C) groups is 1. The van der Waals surface area contributed by atoms with E-state index in [1.807, 2.05) is 13.8 Å². The molecule has 0 aromatic carbocycles. The molecule has 0 unspecified atom stereocenters. The molecule has 0 radical (unpaired) electrons. The minimum Gasteiger partial charge on any atom is -0.374 e. The second-order valence-electron chi connectivity index (χ2n) is 2.76. The molecule has 90 valence electrons. The molecule has 15 heavy (non-hydrogen) atoms. The Hall–Kier alpha value is -0.910. The average molecular weight is 223 g/mol. The average Bonchev–Trinajstić information content (AvgIpc) is 2.17. The highest BCUT2D eigenvalue weighted by Crippen LogP contribution is 1.91. The van der Waals surface area contributed by atoms with E-state index in [1.165, 1.54) is 0 Å². The molecule has 0 rings (SSSR count). The summed E-state index contributed by atoms with van der Waals surface area (Å²) in [6, 6.07) is 0. The number of hydrogen-bond acceptors (Lipinski definition) is 2. The van der Waals surface area contributed by atoms with Gasteiger partial charge in [0.25, 0.3) is 6.43 Å². The summed E-state index contributed by atoms with van der Waals surface area (Å²) in [6.45, 7) is 5.52. The zero-order valence-corrected chi connectivity index (χ0v) is 9.22. The third kappa shape index (κ3) is 9.40. The minimum atomic E-state index is -2.41. The molecule has 0 aliphatic heterocycles. The van der Waals surface area contributed by atoms with Gasteiger partial charge in [0.15, 0.2) is 5.96 Å². The number of guanidine groups is 1. The number of rotatable bonds is 7. The van der Waals surface area contributed by atoms with Crippen LogP contribution in [0.2, 0.25) is 0 Å². The van der Waals surface area contributed by atoms with Crippen LogP contribution in [-0.2, 0) is 4.74 Å². The molecule has 0 fully saturated rings. The lowest BCUT2D eigenvalue weighted by molar-refractivity contribution is 0.0207. The van der Waals surface area contributed by atoms with E-state index < -0.39 is 13.0 Å². The molecule has 0 aliphatic rings. The van der Waals surface area contributed by atoms with Gasteiger partial charge in [-0.3, -0.25) is 4.99 Å². The van der Waals surface area contributed by atoms with Gasteiger partial charge in [-0.05, 0) is 13.8 Å². The van der Waals surface area contributed by atoms with E-state index in [0.29, 0.717) is 12.5 Å². The number of alkyl halides is 2. The van der Waals surface area contributed by atoms with Gasteiger partial charge in [-0.25, -0.2) is 8.78 Å². The summed E-state index contributed by atoms with van der Waals surface area (Å²) >= 11 is 0. The van der Waals surface area contributed by atoms with Crippen LogP contribution in [0, 0.1) is 0 Å². The number of ether oxygens (including phenoxy) is 1. The Balaban J connectivity index is 3.59. The number of nitrogens with one attached hydrogen (secondary N) is 2. The molecule has 0 amide bonds. The molecule has 0 bridgehead atoms. The Bertz CT molecular complexity index is 169. The van der Waals surface area contributed by atoms with Gasteiger partial charge in [0.1, 0.15) is 6.61 Å². The van der Waals surface area contributed by atoms with Crippen LogP contribution in [-0.4, -0.2) is 45.2 Å². The summed E-state index contributed by atoms with van der Waals surface area (Å²) < 4.78 is 28.0. The lowest BCUT2D eigenvalue weighted by atomic mass is 10.6. The molecule has 2 N–H and O–H groups in total. The molecular weight excluding hydrogens is 204 g/mol. The molecule has 0 spiro atoms. The number of hydrogen-bond donors (Lipinski definition) is 2. The maximum atomic E-state index is 11.7. The van der Waals surface area contributed by atoms with E-state index in [0.717, 1.165) is 13.1 Å². The summed E-state index contributed by atoms with van der Waals surface area (Å²) in [7, 11) is 0. The van der Waals surface area contributed by atoms with Crippen LogP contribution in [0.3, 0.4) is 0 Å². The van der Waals surface area contributed by atoms with Crippen LogP contribution in [0.1, 0.15) is 13.8 Å². The summed E-state index contributed by atoms with van der Waals surface area (Å²) in [5, 5.41) is 6.04. The fourth-order valence-electron chi connectivity index (χ4n) is 0.904. The highest BCUT2D eigenvalue weighted by Gasteiger charge is 2.00. The van der Waals surface area contributed by atoms with Crippen molar-refractivity contribution in [2.75, 3.05) is 32.8 Å². The van der Waals surface area contributed by atoms with Crippen molar-refractivity contribution in [2.24, 2.45) is 4.99 Å². The molecule has 0 saturated carbocycles. The first kappa shape index (κ1) is 14.1. The molecule has 0 aromatic heterocycles. The van der Waals surface area contributed by atoms with Crippen molar-refractivity contribution in [3.63, 3.8) is 0 Å². The van der Waals surface area contributed by atoms with Crippen molar-refractivity contribution < 1.29 is 13.5 Å². The van der Waals surface area contributed by atoms with Gasteiger partial charge in [0.2, 0.25) is 0 Å². The van der Waals surface area contributed by atoms with Crippen LogP contribution in [0.5, 0.6) is 0 Å². The molecular formula is C9H19F2N3O. The van der Waals surface area contributed by atoms with Crippen LogP contribution in [0.25, 0.3) is 0 Å². The Morgan fingerprint density at radius 2 is 1.87 bits per heavy atom. The zero-order chi connectivity index (χ0) is 11.5. The molecule has 0 saturated heterocycles. The van der Waals surface area contributed by atoms with Crippen LogP contribution in [0.4, 0.5) is 8.78 Å². The van der Waals surface area contributed by atoms with E-state index in [1.54, 1.807) is 0 Å². The fourth-order valence-corrected chi connectivity index (χ4v) is 0.904. The number of halogens is 2. The third-order valence-corrected chi connectivity index (χ3v) is 1.44. The third-order valence-electron chi connectivity index (χ3n) is 1.44. The topological polar surface area (TPSA) is 45.7 Å². The van der Waals surface area contributed by atoms with E-state index >= 15 is 0 Å². The first-order chi connectivity index (χ1) is 7.20. The Kier molecular flexibility index (Phi) is 9.05. The lowest BCUT2D eigenvalue weighted by Crippen LogP contribution is -2.37. The highest BCUT2D eigenvalue weighted by molar-refractivity contribution is 5.79. The monoisotopic (exact) mass is 223 g/mol. The molecule has 6 heteroatoms. The molecule has 4 nitrogen and oxygen atoms in total. The fraction of sp³-hybridized carbons (Fsp3) is 0.889. The Labute approximate surface area is 89.1 Å². The van der Waals surface area contributed by atoms with Gasteiger partial charge < -0.3 is 15.4 Å².